The topological polar surface area (TPSA) is 83.0 Å². The van der Waals surface area contributed by atoms with Crippen molar-refractivity contribution in [2.45, 2.75) is 18.8 Å². The molecule has 0 aromatic carbocycles. The van der Waals surface area contributed by atoms with Crippen LogP contribution in [0, 0.1) is 0 Å². The van der Waals surface area contributed by atoms with Crippen LogP contribution in [0.15, 0.2) is 35.7 Å². The molecule has 0 spiro atoms. The first-order valence-electron chi connectivity index (χ1n) is 6.11. The summed E-state index contributed by atoms with van der Waals surface area (Å²) < 4.78 is 0. The second-order valence-electron chi connectivity index (χ2n) is 4.47. The number of nitrogens with zero attached hydrogens (tertiary/aromatic N) is 3. The molecule has 96 valence electrons. The van der Waals surface area contributed by atoms with E-state index in [4.69, 9.17) is 0 Å². The van der Waals surface area contributed by atoms with Gasteiger partial charge in [-0.2, -0.15) is 10.2 Å². The minimum absolute atomic E-state index is 0.316. The lowest BCUT2D eigenvalue weighted by Crippen LogP contribution is -2.18. The third kappa shape index (κ3) is 2.85. The van der Waals surface area contributed by atoms with E-state index < -0.39 is 0 Å². The van der Waals surface area contributed by atoms with Gasteiger partial charge in [-0.3, -0.25) is 14.9 Å². The van der Waals surface area contributed by atoms with E-state index in [-0.39, 0.29) is 5.91 Å². The minimum Gasteiger partial charge on any atom is -0.281 e. The van der Waals surface area contributed by atoms with Crippen molar-refractivity contribution in [3.8, 4) is 0 Å². The molecule has 3 rings (SSSR count). The van der Waals surface area contributed by atoms with Gasteiger partial charge in [-0.25, -0.2) is 5.43 Å². The predicted octanol–water partition coefficient (Wildman–Crippen LogP) is 1.45. The fourth-order valence-corrected chi connectivity index (χ4v) is 1.73. The summed E-state index contributed by atoms with van der Waals surface area (Å²) in [6.07, 6.45) is 7.22. The molecule has 1 fully saturated rings. The molecule has 0 radical (unpaired) electrons. The van der Waals surface area contributed by atoms with Crippen LogP contribution in [0.2, 0.25) is 0 Å². The number of carbonyl (C=O) groups is 1. The molecule has 1 aliphatic carbocycles. The molecular formula is C13H13N5O. The molecule has 1 saturated carbocycles. The largest absolute Gasteiger partial charge is 0.291 e. The summed E-state index contributed by atoms with van der Waals surface area (Å²) in [5.41, 5.74) is 4.66. The molecule has 6 heteroatoms. The summed E-state index contributed by atoms with van der Waals surface area (Å²) in [7, 11) is 0. The van der Waals surface area contributed by atoms with Crippen LogP contribution >= 0.6 is 0 Å². The molecule has 0 unspecified atom stereocenters. The Morgan fingerprint density at radius 2 is 2.42 bits per heavy atom. The summed E-state index contributed by atoms with van der Waals surface area (Å²) in [5, 5.41) is 10.7. The van der Waals surface area contributed by atoms with Gasteiger partial charge in [0.1, 0.15) is 0 Å². The second kappa shape index (κ2) is 5.01. The maximum Gasteiger partial charge on any atom is 0.291 e. The first-order chi connectivity index (χ1) is 9.33. The van der Waals surface area contributed by atoms with Crippen LogP contribution in [-0.4, -0.2) is 27.3 Å². The van der Waals surface area contributed by atoms with Crippen LogP contribution in [0.1, 0.15) is 40.5 Å². The Bertz CT molecular complexity index is 601. The van der Waals surface area contributed by atoms with Crippen molar-refractivity contribution < 1.29 is 4.79 Å². The van der Waals surface area contributed by atoms with E-state index in [1.165, 1.54) is 12.8 Å². The number of carbonyl (C=O) groups excluding carboxylic acids is 1. The Labute approximate surface area is 110 Å². The number of H-pyrrole nitrogens is 1. The average Bonchev–Trinajstić information content (AvgIpc) is 3.17. The molecule has 0 bridgehead atoms. The SMILES string of the molecule is O=C(N/N=C\c1cccnc1)c1cc(C2CC2)[nH]n1. The van der Waals surface area contributed by atoms with Gasteiger partial charge in [-0.1, -0.05) is 6.07 Å². The summed E-state index contributed by atoms with van der Waals surface area (Å²) in [4.78, 5) is 15.7. The highest BCUT2D eigenvalue weighted by Gasteiger charge is 2.26. The number of pyridine rings is 1. The molecule has 0 aliphatic heterocycles. The first kappa shape index (κ1) is 11.6. The predicted molar refractivity (Wildman–Crippen MR) is 69.9 cm³/mol. The van der Waals surface area contributed by atoms with Crippen molar-refractivity contribution in [1.82, 2.24) is 20.6 Å². The quantitative estimate of drug-likeness (QED) is 0.640. The lowest BCUT2D eigenvalue weighted by Gasteiger charge is -1.94. The molecule has 2 aromatic heterocycles. The molecule has 19 heavy (non-hydrogen) atoms. The van der Waals surface area contributed by atoms with E-state index in [0.717, 1.165) is 11.3 Å². The second-order valence-corrected chi connectivity index (χ2v) is 4.47. The van der Waals surface area contributed by atoms with Crippen LogP contribution in [0.5, 0.6) is 0 Å². The van der Waals surface area contributed by atoms with Crippen molar-refractivity contribution in [1.29, 1.82) is 0 Å². The summed E-state index contributed by atoms with van der Waals surface area (Å²) in [5.74, 6) is 0.233. The molecule has 0 saturated heterocycles. The number of rotatable bonds is 4. The van der Waals surface area contributed by atoms with Gasteiger partial charge >= 0.3 is 0 Å². The van der Waals surface area contributed by atoms with E-state index in [1.54, 1.807) is 30.7 Å². The Morgan fingerprint density at radius 3 is 3.16 bits per heavy atom. The zero-order valence-corrected chi connectivity index (χ0v) is 10.2. The van der Waals surface area contributed by atoms with Crippen molar-refractivity contribution in [2.24, 2.45) is 5.10 Å². The van der Waals surface area contributed by atoms with E-state index >= 15 is 0 Å². The van der Waals surface area contributed by atoms with Crippen LogP contribution in [0.3, 0.4) is 0 Å². The van der Waals surface area contributed by atoms with Crippen LogP contribution in [0.4, 0.5) is 0 Å². The van der Waals surface area contributed by atoms with Crippen LogP contribution in [0.25, 0.3) is 0 Å². The van der Waals surface area contributed by atoms with Crippen LogP contribution < -0.4 is 5.43 Å². The molecular weight excluding hydrogens is 242 g/mol. The van der Waals surface area contributed by atoms with Crippen molar-refractivity contribution in [3.05, 3.63) is 47.5 Å². The van der Waals surface area contributed by atoms with Gasteiger partial charge in [0.15, 0.2) is 5.69 Å². The number of aromatic nitrogens is 3. The molecule has 2 aromatic rings. The maximum absolute atomic E-state index is 11.8. The van der Waals surface area contributed by atoms with Gasteiger partial charge < -0.3 is 0 Å². The number of hydrogen-bond donors (Lipinski definition) is 2. The average molecular weight is 255 g/mol. The lowest BCUT2D eigenvalue weighted by atomic mass is 10.2. The Hall–Kier alpha value is -2.50. The number of amides is 1. The molecule has 2 heterocycles. The van der Waals surface area contributed by atoms with E-state index in [2.05, 4.69) is 25.7 Å². The van der Waals surface area contributed by atoms with Gasteiger partial charge in [0.05, 0.1) is 6.21 Å². The first-order valence-corrected chi connectivity index (χ1v) is 6.11. The van der Waals surface area contributed by atoms with E-state index in [9.17, 15) is 4.79 Å². The minimum atomic E-state index is -0.316. The van der Waals surface area contributed by atoms with Crippen LogP contribution in [-0.2, 0) is 0 Å². The van der Waals surface area contributed by atoms with E-state index in [1.807, 2.05) is 6.07 Å². The van der Waals surface area contributed by atoms with Gasteiger partial charge in [-0.05, 0) is 25.0 Å². The maximum atomic E-state index is 11.8. The molecule has 6 nitrogen and oxygen atoms in total. The summed E-state index contributed by atoms with van der Waals surface area (Å²) >= 11 is 0. The highest BCUT2D eigenvalue weighted by atomic mass is 16.2. The monoisotopic (exact) mass is 255 g/mol. The fourth-order valence-electron chi connectivity index (χ4n) is 1.73. The highest BCUT2D eigenvalue weighted by Crippen LogP contribution is 2.38. The smallest absolute Gasteiger partial charge is 0.281 e. The zero-order valence-electron chi connectivity index (χ0n) is 10.2. The molecule has 1 aliphatic rings. The van der Waals surface area contributed by atoms with Gasteiger partial charge in [-0.15, -0.1) is 0 Å². The van der Waals surface area contributed by atoms with Gasteiger partial charge in [0.2, 0.25) is 0 Å². The summed E-state index contributed by atoms with van der Waals surface area (Å²) in [6.45, 7) is 0. The Kier molecular flexibility index (Phi) is 3.06. The van der Waals surface area contributed by atoms with Gasteiger partial charge in [0, 0.05) is 29.6 Å². The number of nitrogens with one attached hydrogen (secondary N) is 2. The highest BCUT2D eigenvalue weighted by molar-refractivity contribution is 5.93. The molecule has 2 N–H and O–H groups in total. The molecule has 0 atom stereocenters. The normalized spacial score (nSPS) is 14.7. The lowest BCUT2D eigenvalue weighted by molar-refractivity contribution is 0.0950. The van der Waals surface area contributed by atoms with Crippen molar-refractivity contribution in [2.75, 3.05) is 0 Å². The van der Waals surface area contributed by atoms with Crippen molar-refractivity contribution in [3.63, 3.8) is 0 Å². The summed E-state index contributed by atoms with van der Waals surface area (Å²) in [6, 6.07) is 5.44. The number of hydrazone groups is 1. The number of aromatic amines is 1. The van der Waals surface area contributed by atoms with E-state index in [0.29, 0.717) is 11.6 Å². The third-order valence-corrected chi connectivity index (χ3v) is 2.91. The number of hydrogen-bond acceptors (Lipinski definition) is 4. The fraction of sp³-hybridized carbons (Fsp3) is 0.231. The zero-order chi connectivity index (χ0) is 13.1. The standard InChI is InChI=1S/C13H13N5O/c19-13(12-6-11(16-17-12)10-3-4-10)18-15-8-9-2-1-5-14-7-9/h1-2,5-8,10H,3-4H2,(H,16,17)(H,18,19)/b15-8-. The third-order valence-electron chi connectivity index (χ3n) is 2.91. The molecule has 1 amide bonds. The van der Waals surface area contributed by atoms with Crippen molar-refractivity contribution >= 4 is 12.1 Å². The van der Waals surface area contributed by atoms with Gasteiger partial charge in [0.25, 0.3) is 5.91 Å². The Balaban J connectivity index is 1.59. The Morgan fingerprint density at radius 1 is 1.53 bits per heavy atom.